The van der Waals surface area contributed by atoms with Crippen molar-refractivity contribution in [1.82, 2.24) is 0 Å². The van der Waals surface area contributed by atoms with Crippen LogP contribution >= 0.6 is 0 Å². The van der Waals surface area contributed by atoms with Crippen LogP contribution in [0.2, 0.25) is 0 Å². The van der Waals surface area contributed by atoms with Crippen LogP contribution in [0.5, 0.6) is 5.75 Å². The van der Waals surface area contributed by atoms with E-state index in [0.29, 0.717) is 30.1 Å². The highest BCUT2D eigenvalue weighted by molar-refractivity contribution is 5.67. The van der Waals surface area contributed by atoms with Gasteiger partial charge in [0.25, 0.3) is 0 Å². The predicted octanol–water partition coefficient (Wildman–Crippen LogP) is 8.04. The second-order valence-electron chi connectivity index (χ2n) is 9.18. The highest BCUT2D eigenvalue weighted by atomic mass is 19.2. The predicted molar refractivity (Wildman–Crippen MR) is 134 cm³/mol. The van der Waals surface area contributed by atoms with Gasteiger partial charge >= 0.3 is 0 Å². The van der Waals surface area contributed by atoms with Gasteiger partial charge in [-0.2, -0.15) is 0 Å². The summed E-state index contributed by atoms with van der Waals surface area (Å²) >= 11 is 0. The van der Waals surface area contributed by atoms with Gasteiger partial charge in [0, 0.05) is 5.56 Å². The molecule has 2 unspecified atom stereocenters. The van der Waals surface area contributed by atoms with Crippen molar-refractivity contribution < 1.29 is 23.0 Å². The molecule has 0 saturated carbocycles. The van der Waals surface area contributed by atoms with Gasteiger partial charge in [0.2, 0.25) is 0 Å². The molecule has 0 aliphatic heterocycles. The summed E-state index contributed by atoms with van der Waals surface area (Å²) in [5.41, 5.74) is 3.89. The van der Waals surface area contributed by atoms with E-state index in [2.05, 4.69) is 6.08 Å². The Balaban J connectivity index is 1.38. The zero-order valence-electron chi connectivity index (χ0n) is 20.2. The van der Waals surface area contributed by atoms with Crippen molar-refractivity contribution in [2.45, 2.75) is 52.1 Å². The Kier molecular flexibility index (Phi) is 7.97. The van der Waals surface area contributed by atoms with Gasteiger partial charge in [-0.1, -0.05) is 48.5 Å². The molecule has 1 aliphatic rings. The lowest BCUT2D eigenvalue weighted by Crippen LogP contribution is -2.08. The Hall–Kier alpha value is -3.05. The summed E-state index contributed by atoms with van der Waals surface area (Å²) in [6, 6.07) is 15.2. The summed E-state index contributed by atoms with van der Waals surface area (Å²) in [5.74, 6) is -1.34. The third kappa shape index (κ3) is 5.79. The fraction of sp³-hybridized carbons (Fsp3) is 0.333. The van der Waals surface area contributed by atoms with Crippen LogP contribution in [-0.2, 0) is 6.42 Å². The largest absolute Gasteiger partial charge is 0.491 e. The van der Waals surface area contributed by atoms with Crippen molar-refractivity contribution in [1.29, 1.82) is 0 Å². The van der Waals surface area contributed by atoms with Crippen LogP contribution in [0.1, 0.15) is 62.3 Å². The number of ether oxygens (including phenoxy) is 1. The molecule has 2 atom stereocenters. The lowest BCUT2D eigenvalue weighted by atomic mass is 9.83. The highest BCUT2D eigenvalue weighted by Gasteiger charge is 2.19. The number of aliphatic hydroxyl groups excluding tert-OH is 1. The van der Waals surface area contributed by atoms with Crippen LogP contribution in [0, 0.1) is 23.4 Å². The molecule has 3 aromatic rings. The summed E-state index contributed by atoms with van der Waals surface area (Å²) in [6.07, 6.45) is 5.35. The normalized spacial score (nSPS) is 16.6. The molecule has 0 spiro atoms. The van der Waals surface area contributed by atoms with Crippen molar-refractivity contribution >= 4 is 5.57 Å². The first-order chi connectivity index (χ1) is 16.9. The molecule has 5 heteroatoms. The molecule has 1 N–H and O–H groups in total. The molecule has 184 valence electrons. The van der Waals surface area contributed by atoms with Crippen LogP contribution in [-0.4, -0.2) is 11.7 Å². The van der Waals surface area contributed by atoms with Crippen molar-refractivity contribution in [2.75, 3.05) is 6.61 Å². The van der Waals surface area contributed by atoms with Gasteiger partial charge < -0.3 is 9.84 Å². The maximum absolute atomic E-state index is 14.8. The van der Waals surface area contributed by atoms with Crippen LogP contribution in [0.25, 0.3) is 16.7 Å². The number of hydrogen-bond acceptors (Lipinski definition) is 2. The molecule has 4 rings (SSSR count). The van der Waals surface area contributed by atoms with E-state index in [4.69, 9.17) is 4.74 Å². The number of allylic oxidation sites excluding steroid dienone is 2. The minimum atomic E-state index is -0.837. The van der Waals surface area contributed by atoms with Gasteiger partial charge in [0.15, 0.2) is 23.2 Å². The van der Waals surface area contributed by atoms with Crippen molar-refractivity contribution in [3.8, 4) is 16.9 Å². The van der Waals surface area contributed by atoms with E-state index < -0.39 is 17.7 Å². The Morgan fingerprint density at radius 1 is 0.971 bits per heavy atom. The van der Waals surface area contributed by atoms with E-state index in [-0.39, 0.29) is 17.1 Å². The van der Waals surface area contributed by atoms with Gasteiger partial charge in [-0.15, -0.1) is 0 Å². The molecule has 3 aromatic carbocycles. The maximum atomic E-state index is 14.8. The number of rotatable bonds is 8. The SMILES string of the molecule is CCOc1ccc(C2=CCC(CCc3ccc(-c4ccc(C(C)O)cc4)c(F)c3F)CC2)cc1F. The molecule has 0 heterocycles. The van der Waals surface area contributed by atoms with Crippen molar-refractivity contribution in [2.24, 2.45) is 5.92 Å². The molecule has 0 fully saturated rings. The molecule has 0 radical (unpaired) electrons. The molecule has 1 aliphatic carbocycles. The van der Waals surface area contributed by atoms with E-state index in [1.54, 1.807) is 49.4 Å². The quantitative estimate of drug-likeness (QED) is 0.354. The fourth-order valence-corrected chi connectivity index (χ4v) is 4.69. The second-order valence-corrected chi connectivity index (χ2v) is 9.18. The average molecular weight is 481 g/mol. The topological polar surface area (TPSA) is 29.5 Å². The minimum Gasteiger partial charge on any atom is -0.491 e. The second kappa shape index (κ2) is 11.1. The van der Waals surface area contributed by atoms with Crippen LogP contribution in [0.15, 0.2) is 60.7 Å². The van der Waals surface area contributed by atoms with Gasteiger partial charge in [-0.25, -0.2) is 13.2 Å². The number of hydrogen-bond donors (Lipinski definition) is 1. The summed E-state index contributed by atoms with van der Waals surface area (Å²) in [5, 5.41) is 9.64. The zero-order chi connectivity index (χ0) is 24.9. The van der Waals surface area contributed by atoms with E-state index >= 15 is 0 Å². The molecular formula is C30H31F3O2. The third-order valence-electron chi connectivity index (χ3n) is 6.81. The standard InChI is InChI=1S/C30H31F3O2/c1-3-35-28-17-15-25(18-27(28)31)22-7-4-20(5-8-22)6-9-24-14-16-26(30(33)29(24)32)23-12-10-21(11-13-23)19(2)34/h7,10-20,34H,3-6,8-9H2,1-2H3. The van der Waals surface area contributed by atoms with Crippen molar-refractivity contribution in [3.63, 3.8) is 0 Å². The van der Waals surface area contributed by atoms with Crippen LogP contribution < -0.4 is 4.74 Å². The molecule has 0 saturated heterocycles. The fourth-order valence-electron chi connectivity index (χ4n) is 4.69. The Labute approximate surface area is 205 Å². The Morgan fingerprint density at radius 3 is 2.34 bits per heavy atom. The Morgan fingerprint density at radius 2 is 1.71 bits per heavy atom. The molecule has 2 nitrogen and oxygen atoms in total. The number of halogens is 3. The van der Waals surface area contributed by atoms with Gasteiger partial charge in [-0.05, 0) is 91.8 Å². The molecule has 0 amide bonds. The first-order valence-electron chi connectivity index (χ1n) is 12.2. The van der Waals surface area contributed by atoms with E-state index in [0.717, 1.165) is 42.4 Å². The average Bonchev–Trinajstić information content (AvgIpc) is 2.87. The third-order valence-corrected chi connectivity index (χ3v) is 6.81. The number of benzene rings is 3. The van der Waals surface area contributed by atoms with Gasteiger partial charge in [0.05, 0.1) is 12.7 Å². The number of aryl methyl sites for hydroxylation is 1. The summed E-state index contributed by atoms with van der Waals surface area (Å²) in [7, 11) is 0. The first kappa shape index (κ1) is 25.1. The zero-order valence-corrected chi connectivity index (χ0v) is 20.2. The molecule has 0 bridgehead atoms. The van der Waals surface area contributed by atoms with E-state index in [1.807, 2.05) is 13.0 Å². The maximum Gasteiger partial charge on any atom is 0.166 e. The monoisotopic (exact) mass is 480 g/mol. The van der Waals surface area contributed by atoms with Crippen molar-refractivity contribution in [3.05, 3.63) is 94.8 Å². The van der Waals surface area contributed by atoms with Gasteiger partial charge in [0.1, 0.15) is 0 Å². The first-order valence-corrected chi connectivity index (χ1v) is 12.2. The smallest absolute Gasteiger partial charge is 0.166 e. The highest BCUT2D eigenvalue weighted by Crippen LogP contribution is 2.35. The minimum absolute atomic E-state index is 0.219. The Bertz CT molecular complexity index is 1200. The lowest BCUT2D eigenvalue weighted by molar-refractivity contribution is 0.199. The van der Waals surface area contributed by atoms with Crippen LogP contribution in [0.4, 0.5) is 13.2 Å². The van der Waals surface area contributed by atoms with Gasteiger partial charge in [-0.3, -0.25) is 0 Å². The molecular weight excluding hydrogens is 449 g/mol. The number of aliphatic hydroxyl groups is 1. The molecule has 0 aromatic heterocycles. The van der Waals surface area contributed by atoms with E-state index in [1.165, 1.54) is 6.07 Å². The summed E-state index contributed by atoms with van der Waals surface area (Å²) in [4.78, 5) is 0. The lowest BCUT2D eigenvalue weighted by Gasteiger charge is -2.22. The van der Waals surface area contributed by atoms with E-state index in [9.17, 15) is 18.3 Å². The van der Waals surface area contributed by atoms with Crippen LogP contribution in [0.3, 0.4) is 0 Å². The summed E-state index contributed by atoms with van der Waals surface area (Å²) < 4.78 is 49.2. The molecule has 35 heavy (non-hydrogen) atoms. The summed E-state index contributed by atoms with van der Waals surface area (Å²) in [6.45, 7) is 3.90.